The number of fused-ring (bicyclic) bond motifs is 1. The summed E-state index contributed by atoms with van der Waals surface area (Å²) in [7, 11) is -0.324. The van der Waals surface area contributed by atoms with Crippen molar-refractivity contribution in [2.75, 3.05) is 26.4 Å². The van der Waals surface area contributed by atoms with Gasteiger partial charge in [0.05, 0.1) is 0 Å². The zero-order chi connectivity index (χ0) is 13.2. The van der Waals surface area contributed by atoms with Gasteiger partial charge in [-0.1, -0.05) is 0 Å². The van der Waals surface area contributed by atoms with Crippen LogP contribution in [0.15, 0.2) is 22.9 Å². The summed E-state index contributed by atoms with van der Waals surface area (Å²) in [6.45, 7) is 0.384. The van der Waals surface area contributed by atoms with E-state index in [1.165, 1.54) is 14.1 Å². The number of rotatable bonds is 6. The van der Waals surface area contributed by atoms with E-state index in [1.54, 1.807) is 29.4 Å². The van der Waals surface area contributed by atoms with Crippen LogP contribution in [0.5, 0.6) is 0 Å². The predicted octanol–water partition coefficient (Wildman–Crippen LogP) is 0.884. The number of nitrogens with zero attached hydrogens (tertiary/aromatic N) is 3. The van der Waals surface area contributed by atoms with Crippen molar-refractivity contribution in [2.45, 2.75) is 5.03 Å². The summed E-state index contributed by atoms with van der Waals surface area (Å²) in [5.41, 5.74) is 0. The molecule has 18 heavy (non-hydrogen) atoms. The maximum absolute atomic E-state index is 11.5. The maximum Gasteiger partial charge on any atom is 0.278 e. The molecule has 0 fully saturated rings. The van der Waals surface area contributed by atoms with Gasteiger partial charge < -0.3 is 0 Å². The maximum atomic E-state index is 11.5. The van der Waals surface area contributed by atoms with Gasteiger partial charge in [-0.05, 0) is 0 Å². The summed E-state index contributed by atoms with van der Waals surface area (Å²) in [5, 5.41) is 2.93. The van der Waals surface area contributed by atoms with Crippen LogP contribution in [-0.2, 0) is 10.2 Å². The summed E-state index contributed by atoms with van der Waals surface area (Å²) in [6, 6.07) is 0. The van der Waals surface area contributed by atoms with Crippen LogP contribution in [0.1, 0.15) is 0 Å². The first-order chi connectivity index (χ1) is 8.50. The Hall–Kier alpha value is -0.610. The molecular formula is C9H14N4O2S3. The predicted molar refractivity (Wildman–Crippen MR) is 74.4 cm³/mol. The summed E-state index contributed by atoms with van der Waals surface area (Å²) in [6.07, 6.45) is 3.71. The van der Waals surface area contributed by atoms with E-state index in [1.807, 2.05) is 16.0 Å². The first-order valence-electron chi connectivity index (χ1n) is 5.21. The van der Waals surface area contributed by atoms with Crippen LogP contribution >= 0.6 is 23.1 Å². The molecule has 2 aromatic rings. The fourth-order valence-corrected chi connectivity index (χ4v) is 3.78. The molecule has 0 aliphatic rings. The SMILES string of the molecule is CN(C)S(=O)(=O)NCCSc1ncn2ccsc12. The minimum absolute atomic E-state index is 0.384. The quantitative estimate of drug-likeness (QED) is 0.635. The Bertz CT molecular complexity index is 617. The molecule has 0 aliphatic carbocycles. The Kier molecular flexibility index (Phi) is 4.28. The van der Waals surface area contributed by atoms with Crippen LogP contribution in [0.25, 0.3) is 4.83 Å². The lowest BCUT2D eigenvalue weighted by atomic mass is 10.8. The van der Waals surface area contributed by atoms with Gasteiger partial charge in [0.1, 0.15) is 16.2 Å². The highest BCUT2D eigenvalue weighted by Gasteiger charge is 2.12. The van der Waals surface area contributed by atoms with Gasteiger partial charge in [-0.15, -0.1) is 23.1 Å². The Morgan fingerprint density at radius 1 is 1.56 bits per heavy atom. The number of thioether (sulfide) groups is 1. The van der Waals surface area contributed by atoms with Crippen molar-refractivity contribution < 1.29 is 8.42 Å². The number of hydrogen-bond donors (Lipinski definition) is 1. The molecule has 0 aliphatic heterocycles. The highest BCUT2D eigenvalue weighted by Crippen LogP contribution is 2.25. The van der Waals surface area contributed by atoms with Gasteiger partial charge in [0, 0.05) is 38.0 Å². The third-order valence-corrected chi connectivity index (χ3v) is 5.75. The zero-order valence-electron chi connectivity index (χ0n) is 10.0. The highest BCUT2D eigenvalue weighted by molar-refractivity contribution is 7.99. The number of thiazole rings is 1. The lowest BCUT2D eigenvalue weighted by molar-refractivity contribution is 0.508. The van der Waals surface area contributed by atoms with E-state index in [0.29, 0.717) is 12.3 Å². The van der Waals surface area contributed by atoms with E-state index in [4.69, 9.17) is 0 Å². The third-order valence-electron chi connectivity index (χ3n) is 2.22. The van der Waals surface area contributed by atoms with Gasteiger partial charge in [-0.25, -0.2) is 9.71 Å². The van der Waals surface area contributed by atoms with Crippen molar-refractivity contribution in [2.24, 2.45) is 0 Å². The van der Waals surface area contributed by atoms with Gasteiger partial charge in [0.25, 0.3) is 10.2 Å². The number of aromatic nitrogens is 2. The monoisotopic (exact) mass is 306 g/mol. The van der Waals surface area contributed by atoms with Crippen LogP contribution in [0.4, 0.5) is 0 Å². The van der Waals surface area contributed by atoms with E-state index < -0.39 is 10.2 Å². The van der Waals surface area contributed by atoms with Gasteiger partial charge in [0.2, 0.25) is 0 Å². The molecule has 0 saturated carbocycles. The van der Waals surface area contributed by atoms with Gasteiger partial charge in [0.15, 0.2) is 0 Å². The number of nitrogens with one attached hydrogen (secondary N) is 1. The molecule has 0 bridgehead atoms. The molecule has 0 aromatic carbocycles. The number of imidazole rings is 1. The molecule has 0 saturated heterocycles. The van der Waals surface area contributed by atoms with E-state index in [0.717, 1.165) is 14.2 Å². The lowest BCUT2D eigenvalue weighted by Gasteiger charge is -2.11. The van der Waals surface area contributed by atoms with Crippen molar-refractivity contribution in [1.82, 2.24) is 18.4 Å². The molecule has 2 rings (SSSR count). The molecule has 2 aromatic heterocycles. The standard InChI is InChI=1S/C9H14N4O2S3/c1-12(2)18(14,15)11-3-5-16-8-9-13(7-10-8)4-6-17-9/h4,6-7,11H,3,5H2,1-2H3. The molecule has 0 amide bonds. The Morgan fingerprint density at radius 2 is 2.33 bits per heavy atom. The Balaban J connectivity index is 1.85. The number of hydrogen-bond acceptors (Lipinski definition) is 5. The highest BCUT2D eigenvalue weighted by atomic mass is 32.2. The molecule has 6 nitrogen and oxygen atoms in total. The second kappa shape index (κ2) is 5.57. The largest absolute Gasteiger partial charge is 0.296 e. The molecular weight excluding hydrogens is 292 g/mol. The van der Waals surface area contributed by atoms with E-state index in [2.05, 4.69) is 9.71 Å². The molecule has 0 spiro atoms. The van der Waals surface area contributed by atoms with Crippen LogP contribution in [0.2, 0.25) is 0 Å². The molecule has 1 N–H and O–H groups in total. The van der Waals surface area contributed by atoms with Crippen LogP contribution in [0.3, 0.4) is 0 Å². The van der Waals surface area contributed by atoms with Gasteiger partial charge in [-0.2, -0.15) is 12.7 Å². The lowest BCUT2D eigenvalue weighted by Crippen LogP contribution is -2.36. The van der Waals surface area contributed by atoms with Crippen molar-refractivity contribution in [1.29, 1.82) is 0 Å². The molecule has 0 atom stereocenters. The third kappa shape index (κ3) is 3.04. The smallest absolute Gasteiger partial charge is 0.278 e. The van der Waals surface area contributed by atoms with Gasteiger partial charge >= 0.3 is 0 Å². The van der Waals surface area contributed by atoms with Crippen molar-refractivity contribution >= 4 is 38.1 Å². The molecule has 0 unspecified atom stereocenters. The van der Waals surface area contributed by atoms with E-state index in [-0.39, 0.29) is 0 Å². The Morgan fingerprint density at radius 3 is 3.06 bits per heavy atom. The summed E-state index contributed by atoms with van der Waals surface area (Å²) >= 11 is 3.17. The van der Waals surface area contributed by atoms with Crippen molar-refractivity contribution in [3.05, 3.63) is 17.9 Å². The van der Waals surface area contributed by atoms with Crippen molar-refractivity contribution in [3.8, 4) is 0 Å². The average molecular weight is 306 g/mol. The fourth-order valence-electron chi connectivity index (χ4n) is 1.26. The van der Waals surface area contributed by atoms with E-state index >= 15 is 0 Å². The summed E-state index contributed by atoms with van der Waals surface area (Å²) in [4.78, 5) is 5.37. The average Bonchev–Trinajstić information content (AvgIpc) is 2.87. The first-order valence-corrected chi connectivity index (χ1v) is 8.51. The molecule has 9 heteroatoms. The van der Waals surface area contributed by atoms with Crippen LogP contribution in [-0.4, -0.2) is 48.5 Å². The minimum Gasteiger partial charge on any atom is -0.296 e. The zero-order valence-corrected chi connectivity index (χ0v) is 12.5. The van der Waals surface area contributed by atoms with Gasteiger partial charge in [-0.3, -0.25) is 4.40 Å². The first kappa shape index (κ1) is 13.8. The summed E-state index contributed by atoms with van der Waals surface area (Å²) in [5.74, 6) is 0.650. The fraction of sp³-hybridized carbons (Fsp3) is 0.444. The van der Waals surface area contributed by atoms with Crippen molar-refractivity contribution in [3.63, 3.8) is 0 Å². The second-order valence-electron chi connectivity index (χ2n) is 3.70. The summed E-state index contributed by atoms with van der Waals surface area (Å²) < 4.78 is 28.5. The van der Waals surface area contributed by atoms with E-state index in [9.17, 15) is 8.42 Å². The van der Waals surface area contributed by atoms with Crippen LogP contribution in [0, 0.1) is 0 Å². The van der Waals surface area contributed by atoms with Crippen LogP contribution < -0.4 is 4.72 Å². The Labute approximate surface area is 114 Å². The molecule has 0 radical (unpaired) electrons. The normalized spacial score (nSPS) is 12.6. The molecule has 100 valence electrons. The second-order valence-corrected chi connectivity index (χ2v) is 7.64. The minimum atomic E-state index is -3.32. The molecule has 2 heterocycles. The topological polar surface area (TPSA) is 66.7 Å².